The second-order valence-electron chi connectivity index (χ2n) is 12.4. The SMILES string of the molecule is C[C@@H]1Cc2c([nH]c3ccccc23)[C@@H](C2C=CC(NC3CN(CCCF)C3)=CC2)N1C12CC(CO)(C1)C2. The summed E-state index contributed by atoms with van der Waals surface area (Å²) in [5.74, 6) is 0.423. The van der Waals surface area contributed by atoms with Crippen molar-refractivity contribution >= 4 is 10.9 Å². The molecule has 3 saturated carbocycles. The van der Waals surface area contributed by atoms with E-state index in [2.05, 4.69) is 69.5 Å². The molecule has 1 saturated heterocycles. The number of benzene rings is 1. The van der Waals surface area contributed by atoms with Gasteiger partial charge in [0.2, 0.25) is 0 Å². The summed E-state index contributed by atoms with van der Waals surface area (Å²) in [5, 5.41) is 15.0. The van der Waals surface area contributed by atoms with E-state index in [1.54, 1.807) is 0 Å². The second-order valence-corrected chi connectivity index (χ2v) is 12.4. The van der Waals surface area contributed by atoms with Crippen LogP contribution in [0.25, 0.3) is 10.9 Å². The number of para-hydroxylation sites is 1. The number of likely N-dealkylation sites (tertiary alicyclic amines) is 1. The molecule has 3 atom stereocenters. The third-order valence-corrected chi connectivity index (χ3v) is 9.89. The Hall–Kier alpha value is -2.15. The van der Waals surface area contributed by atoms with Gasteiger partial charge in [-0.05, 0) is 68.6 Å². The molecule has 8 rings (SSSR count). The summed E-state index contributed by atoms with van der Waals surface area (Å²) in [7, 11) is 0. The monoisotopic (exact) mass is 490 g/mol. The number of hydrogen-bond acceptors (Lipinski definition) is 4. The van der Waals surface area contributed by atoms with E-state index in [0.717, 1.165) is 51.7 Å². The number of nitrogens with one attached hydrogen (secondary N) is 2. The number of aliphatic hydroxyl groups is 1. The summed E-state index contributed by atoms with van der Waals surface area (Å²) in [5.41, 5.74) is 5.87. The van der Waals surface area contributed by atoms with Crippen LogP contribution in [0.15, 0.2) is 48.2 Å². The molecule has 4 aliphatic carbocycles. The van der Waals surface area contributed by atoms with Gasteiger partial charge in [-0.25, -0.2) is 0 Å². The van der Waals surface area contributed by atoms with E-state index in [9.17, 15) is 9.50 Å². The largest absolute Gasteiger partial charge is 0.396 e. The first-order valence-corrected chi connectivity index (χ1v) is 14.0. The van der Waals surface area contributed by atoms with Crippen molar-refractivity contribution < 1.29 is 9.50 Å². The van der Waals surface area contributed by atoms with Crippen molar-refractivity contribution in [3.63, 3.8) is 0 Å². The van der Waals surface area contributed by atoms with Gasteiger partial charge >= 0.3 is 0 Å². The van der Waals surface area contributed by atoms with Gasteiger partial charge in [-0.3, -0.25) is 14.2 Å². The average Bonchev–Trinajstić information content (AvgIpc) is 3.18. The summed E-state index contributed by atoms with van der Waals surface area (Å²) in [6, 6.07) is 10.1. The summed E-state index contributed by atoms with van der Waals surface area (Å²) in [6.45, 7) is 5.43. The number of H-pyrrole nitrogens is 1. The van der Waals surface area contributed by atoms with Gasteiger partial charge in [-0.15, -0.1) is 0 Å². The van der Waals surface area contributed by atoms with Crippen LogP contribution >= 0.6 is 0 Å². The molecule has 0 radical (unpaired) electrons. The van der Waals surface area contributed by atoms with Crippen LogP contribution in [-0.4, -0.2) is 70.4 Å². The van der Waals surface area contributed by atoms with Crippen LogP contribution < -0.4 is 5.32 Å². The second kappa shape index (κ2) is 8.44. The quantitative estimate of drug-likeness (QED) is 0.511. The number of aromatic amines is 1. The third-order valence-electron chi connectivity index (χ3n) is 9.89. The molecule has 0 amide bonds. The van der Waals surface area contributed by atoms with E-state index >= 15 is 0 Å². The maximum atomic E-state index is 12.4. The molecule has 5 nitrogen and oxygen atoms in total. The van der Waals surface area contributed by atoms with Crippen molar-refractivity contribution in [3.05, 3.63) is 59.4 Å². The van der Waals surface area contributed by atoms with Gasteiger partial charge in [-0.1, -0.05) is 30.4 Å². The number of aliphatic hydroxyl groups excluding tert-OH is 1. The maximum Gasteiger partial charge on any atom is 0.0906 e. The fourth-order valence-electron chi connectivity index (χ4n) is 8.40. The zero-order chi connectivity index (χ0) is 24.5. The first-order chi connectivity index (χ1) is 17.5. The number of aromatic nitrogens is 1. The molecule has 2 aromatic rings. The van der Waals surface area contributed by atoms with Crippen LogP contribution in [0.3, 0.4) is 0 Å². The first-order valence-electron chi connectivity index (χ1n) is 14.0. The lowest BCUT2D eigenvalue weighted by Crippen LogP contribution is -2.78. The number of alkyl halides is 1. The zero-order valence-corrected chi connectivity index (χ0v) is 21.3. The number of fused-ring (bicyclic) bond motifs is 3. The van der Waals surface area contributed by atoms with Gasteiger partial charge in [0.05, 0.1) is 18.8 Å². The number of nitrogens with zero attached hydrogens (tertiary/aromatic N) is 2. The van der Waals surface area contributed by atoms with Gasteiger partial charge in [0.25, 0.3) is 0 Å². The van der Waals surface area contributed by atoms with Gasteiger partial charge < -0.3 is 15.4 Å². The lowest BCUT2D eigenvalue weighted by atomic mass is 9.38. The highest BCUT2D eigenvalue weighted by Crippen LogP contribution is 2.72. The van der Waals surface area contributed by atoms with Crippen molar-refractivity contribution in [2.24, 2.45) is 11.3 Å². The van der Waals surface area contributed by atoms with Crippen LogP contribution in [-0.2, 0) is 6.42 Å². The predicted molar refractivity (Wildman–Crippen MR) is 141 cm³/mol. The zero-order valence-electron chi connectivity index (χ0n) is 21.3. The Kier molecular flexibility index (Phi) is 5.39. The van der Waals surface area contributed by atoms with E-state index in [1.165, 1.54) is 27.9 Å². The van der Waals surface area contributed by atoms with Crippen LogP contribution in [0, 0.1) is 11.3 Å². The minimum atomic E-state index is -0.221. The molecule has 3 N–H and O–H groups in total. The Balaban J connectivity index is 1.13. The van der Waals surface area contributed by atoms with E-state index in [1.807, 2.05) is 0 Å². The smallest absolute Gasteiger partial charge is 0.0906 e. The molecule has 2 aliphatic heterocycles. The number of hydrogen-bond donors (Lipinski definition) is 3. The highest BCUT2D eigenvalue weighted by Gasteiger charge is 2.71. The standard InChI is InChI=1S/C30H39FN4O/c1-20-13-25-24-5-2-3-6-26(24)33-27(25)28(35(20)30-16-29(17-30,18-30)19-36)21-7-9-22(10-8-21)32-23-14-34(15-23)12-4-11-31/h2-3,5-7,9-10,20-21,23,28,32-33,36H,4,8,11-19H2,1H3/t20-,21?,28-,29?,30?/m1/s1. The van der Waals surface area contributed by atoms with Gasteiger partial charge in [0.1, 0.15) is 0 Å². The molecule has 1 aromatic carbocycles. The molecule has 2 bridgehead atoms. The number of rotatable bonds is 8. The van der Waals surface area contributed by atoms with Crippen LogP contribution in [0.2, 0.25) is 0 Å². The maximum absolute atomic E-state index is 12.4. The lowest BCUT2D eigenvalue weighted by Gasteiger charge is -2.76. The molecule has 1 aromatic heterocycles. The van der Waals surface area contributed by atoms with Crippen molar-refractivity contribution in [3.8, 4) is 0 Å². The van der Waals surface area contributed by atoms with Crippen molar-refractivity contribution in [1.82, 2.24) is 20.1 Å². The summed E-state index contributed by atoms with van der Waals surface area (Å²) >= 11 is 0. The Bertz CT molecular complexity index is 1190. The third kappa shape index (κ3) is 3.44. The molecule has 6 aliphatic rings. The predicted octanol–water partition coefficient (Wildman–Crippen LogP) is 4.46. The topological polar surface area (TPSA) is 54.5 Å². The van der Waals surface area contributed by atoms with E-state index in [0.29, 0.717) is 37.1 Å². The van der Waals surface area contributed by atoms with Crippen molar-refractivity contribution in [1.29, 1.82) is 0 Å². The number of allylic oxidation sites excluding steroid dienone is 2. The normalized spacial score (nSPS) is 36.1. The van der Waals surface area contributed by atoms with E-state index in [-0.39, 0.29) is 17.6 Å². The molecule has 0 spiro atoms. The molecule has 3 heterocycles. The van der Waals surface area contributed by atoms with Gasteiger partial charge in [-0.2, -0.15) is 0 Å². The van der Waals surface area contributed by atoms with Crippen molar-refractivity contribution in [2.45, 2.75) is 69.1 Å². The van der Waals surface area contributed by atoms with Crippen molar-refractivity contribution in [2.75, 3.05) is 32.9 Å². The lowest BCUT2D eigenvalue weighted by molar-refractivity contribution is -0.260. The van der Waals surface area contributed by atoms with E-state index in [4.69, 9.17) is 0 Å². The molecular formula is C30H39FN4O. The molecule has 36 heavy (non-hydrogen) atoms. The Morgan fingerprint density at radius 2 is 2.00 bits per heavy atom. The Morgan fingerprint density at radius 3 is 2.72 bits per heavy atom. The van der Waals surface area contributed by atoms with Crippen LogP contribution in [0.5, 0.6) is 0 Å². The summed E-state index contributed by atoms with van der Waals surface area (Å²) < 4.78 is 12.4. The van der Waals surface area contributed by atoms with E-state index < -0.39 is 0 Å². The fraction of sp³-hybridized carbons (Fsp3) is 0.600. The fourth-order valence-corrected chi connectivity index (χ4v) is 8.40. The Labute approximate surface area is 213 Å². The summed E-state index contributed by atoms with van der Waals surface area (Å²) in [6.07, 6.45) is 13.3. The van der Waals surface area contributed by atoms with Crippen LogP contribution in [0.4, 0.5) is 4.39 Å². The summed E-state index contributed by atoms with van der Waals surface area (Å²) in [4.78, 5) is 9.05. The molecule has 1 unspecified atom stereocenters. The molecule has 4 fully saturated rings. The highest BCUT2D eigenvalue weighted by atomic mass is 19.1. The first kappa shape index (κ1) is 23.0. The number of halogens is 1. The highest BCUT2D eigenvalue weighted by molar-refractivity contribution is 5.85. The molecular weight excluding hydrogens is 451 g/mol. The minimum Gasteiger partial charge on any atom is -0.396 e. The van der Waals surface area contributed by atoms with Gasteiger partial charge in [0.15, 0.2) is 0 Å². The molecule has 6 heteroatoms. The average molecular weight is 491 g/mol. The van der Waals surface area contributed by atoms with Gasteiger partial charge in [0, 0.05) is 66.0 Å². The Morgan fingerprint density at radius 1 is 1.19 bits per heavy atom. The minimum absolute atomic E-state index is 0.200. The molecule has 192 valence electrons. The van der Waals surface area contributed by atoms with Crippen LogP contribution in [0.1, 0.15) is 56.3 Å².